The van der Waals surface area contributed by atoms with Crippen LogP contribution in [0.2, 0.25) is 0 Å². The molecule has 4 nitrogen and oxygen atoms in total. The largest absolute Gasteiger partial charge is 0.348 e. The summed E-state index contributed by atoms with van der Waals surface area (Å²) in [5.41, 5.74) is 4.37. The van der Waals surface area contributed by atoms with Gasteiger partial charge in [0.1, 0.15) is 5.82 Å². The number of hydrogen-bond acceptors (Lipinski definition) is 3. The number of nitrogens with one attached hydrogen (secondary N) is 1. The van der Waals surface area contributed by atoms with Crippen molar-refractivity contribution in [2.45, 2.75) is 33.2 Å². The predicted molar refractivity (Wildman–Crippen MR) is 95.9 cm³/mol. The Morgan fingerprint density at radius 3 is 2.36 bits per heavy atom. The molecule has 1 amide bonds. The molecule has 0 saturated carbocycles. The lowest BCUT2D eigenvalue weighted by Gasteiger charge is -2.09. The highest BCUT2D eigenvalue weighted by Gasteiger charge is 2.11. The normalized spacial score (nSPS) is 10.8. The molecule has 0 unspecified atom stereocenters. The van der Waals surface area contributed by atoms with E-state index in [1.807, 2.05) is 6.92 Å². The molecule has 0 aliphatic carbocycles. The number of rotatable bonds is 5. The van der Waals surface area contributed by atoms with Crippen molar-refractivity contribution in [1.82, 2.24) is 15.3 Å². The van der Waals surface area contributed by atoms with Gasteiger partial charge in [-0.25, -0.2) is 14.4 Å². The molecule has 2 aromatic carbocycles. The number of benzene rings is 2. The number of nitrogens with zero attached hydrogens (tertiary/aromatic N) is 2. The van der Waals surface area contributed by atoms with E-state index in [4.69, 9.17) is 0 Å². The highest BCUT2D eigenvalue weighted by atomic mass is 19.1. The molecule has 0 atom stereocenters. The maximum Gasteiger partial charge on any atom is 0.251 e. The fraction of sp³-hybridized carbons (Fsp3) is 0.250. The average molecular weight is 337 g/mol. The number of carbonyl (C=O) groups excluding carboxylic acids is 1. The minimum absolute atomic E-state index is 0.143. The van der Waals surface area contributed by atoms with E-state index in [0.29, 0.717) is 16.6 Å². The van der Waals surface area contributed by atoms with Gasteiger partial charge in [-0.1, -0.05) is 32.0 Å². The van der Waals surface area contributed by atoms with Crippen LogP contribution in [0.5, 0.6) is 0 Å². The van der Waals surface area contributed by atoms with Gasteiger partial charge in [0.15, 0.2) is 0 Å². The van der Waals surface area contributed by atoms with Gasteiger partial charge < -0.3 is 5.32 Å². The molecule has 0 saturated heterocycles. The van der Waals surface area contributed by atoms with Gasteiger partial charge in [0.05, 0.1) is 22.4 Å². The fourth-order valence-electron chi connectivity index (χ4n) is 2.75. The molecule has 128 valence electrons. The van der Waals surface area contributed by atoms with Crippen LogP contribution in [0, 0.1) is 5.82 Å². The van der Waals surface area contributed by atoms with Crippen molar-refractivity contribution in [2.75, 3.05) is 0 Å². The number of hydrogen-bond donors (Lipinski definition) is 1. The van der Waals surface area contributed by atoms with Crippen molar-refractivity contribution in [3.05, 3.63) is 70.8 Å². The van der Waals surface area contributed by atoms with Gasteiger partial charge in [0.2, 0.25) is 0 Å². The van der Waals surface area contributed by atoms with E-state index in [0.717, 1.165) is 29.7 Å². The molecule has 0 bridgehead atoms. The number of aryl methyl sites for hydroxylation is 2. The molecule has 1 aromatic heterocycles. The number of amides is 1. The van der Waals surface area contributed by atoms with Crippen LogP contribution in [0.3, 0.4) is 0 Å². The number of carbonyl (C=O) groups is 1. The van der Waals surface area contributed by atoms with E-state index in [1.165, 1.54) is 6.07 Å². The van der Waals surface area contributed by atoms with E-state index < -0.39 is 0 Å². The van der Waals surface area contributed by atoms with E-state index in [1.54, 1.807) is 36.4 Å². The third-order valence-corrected chi connectivity index (χ3v) is 4.15. The van der Waals surface area contributed by atoms with Gasteiger partial charge in [0, 0.05) is 17.7 Å². The molecule has 3 rings (SSSR count). The number of halogens is 1. The molecule has 1 heterocycles. The van der Waals surface area contributed by atoms with Crippen LogP contribution in [0.15, 0.2) is 42.5 Å². The van der Waals surface area contributed by atoms with Crippen molar-refractivity contribution in [1.29, 1.82) is 0 Å². The summed E-state index contributed by atoms with van der Waals surface area (Å²) in [4.78, 5) is 21.6. The van der Waals surface area contributed by atoms with Crippen LogP contribution in [0.4, 0.5) is 4.39 Å². The van der Waals surface area contributed by atoms with Gasteiger partial charge in [-0.3, -0.25) is 4.79 Å². The average Bonchev–Trinajstić information content (AvgIpc) is 2.65. The van der Waals surface area contributed by atoms with Crippen molar-refractivity contribution in [2.24, 2.45) is 0 Å². The lowest BCUT2D eigenvalue weighted by molar-refractivity contribution is 0.0950. The van der Waals surface area contributed by atoms with Gasteiger partial charge in [-0.2, -0.15) is 0 Å². The molecule has 0 spiro atoms. The van der Waals surface area contributed by atoms with E-state index >= 15 is 0 Å². The maximum atomic E-state index is 13.6. The molecule has 0 radical (unpaired) electrons. The zero-order valence-electron chi connectivity index (χ0n) is 14.3. The summed E-state index contributed by atoms with van der Waals surface area (Å²) in [6.45, 7) is 4.24. The summed E-state index contributed by atoms with van der Waals surface area (Å²) in [6.07, 6.45) is 1.63. The minimum atomic E-state index is -0.327. The van der Waals surface area contributed by atoms with Crippen molar-refractivity contribution < 1.29 is 9.18 Å². The number of aromatic nitrogens is 2. The zero-order chi connectivity index (χ0) is 17.8. The van der Waals surface area contributed by atoms with Crippen molar-refractivity contribution in [3.63, 3.8) is 0 Å². The molecular weight excluding hydrogens is 317 g/mol. The third kappa shape index (κ3) is 3.65. The standard InChI is InChI=1S/C20H20FN3O/c1-3-16-17(4-2)24-19-11-13(9-10-18(19)23-16)20(25)22-12-14-7-5-6-8-15(14)21/h5-11H,3-4,12H2,1-2H3,(H,22,25). The Labute approximate surface area is 146 Å². The first-order valence-electron chi connectivity index (χ1n) is 8.43. The first kappa shape index (κ1) is 17.0. The molecule has 0 aliphatic heterocycles. The summed E-state index contributed by atoms with van der Waals surface area (Å²) in [5.74, 6) is -0.587. The summed E-state index contributed by atoms with van der Waals surface area (Å²) in [5, 5.41) is 2.74. The van der Waals surface area contributed by atoms with Crippen LogP contribution in [0.25, 0.3) is 11.0 Å². The summed E-state index contributed by atoms with van der Waals surface area (Å²) < 4.78 is 13.6. The molecule has 3 aromatic rings. The Morgan fingerprint density at radius 2 is 1.68 bits per heavy atom. The third-order valence-electron chi connectivity index (χ3n) is 4.15. The number of fused-ring (bicyclic) bond motifs is 1. The first-order chi connectivity index (χ1) is 12.1. The molecule has 25 heavy (non-hydrogen) atoms. The lowest BCUT2D eigenvalue weighted by atomic mass is 10.1. The van der Waals surface area contributed by atoms with Crippen molar-refractivity contribution in [3.8, 4) is 0 Å². The van der Waals surface area contributed by atoms with Gasteiger partial charge >= 0.3 is 0 Å². The van der Waals surface area contributed by atoms with Gasteiger partial charge in [0.25, 0.3) is 5.91 Å². The quantitative estimate of drug-likeness (QED) is 0.770. The SMILES string of the molecule is CCc1nc2ccc(C(=O)NCc3ccccc3F)cc2nc1CC. The van der Waals surface area contributed by atoms with Crippen LogP contribution in [-0.4, -0.2) is 15.9 Å². The Kier molecular flexibility index (Phi) is 5.03. The van der Waals surface area contributed by atoms with Gasteiger partial charge in [-0.15, -0.1) is 0 Å². The first-order valence-corrected chi connectivity index (χ1v) is 8.43. The molecule has 0 aliphatic rings. The molecule has 5 heteroatoms. The van der Waals surface area contributed by atoms with E-state index in [2.05, 4.69) is 22.2 Å². The highest BCUT2D eigenvalue weighted by Crippen LogP contribution is 2.16. The smallest absolute Gasteiger partial charge is 0.251 e. The van der Waals surface area contributed by atoms with Crippen molar-refractivity contribution >= 4 is 16.9 Å². The Bertz CT molecular complexity index is 924. The van der Waals surface area contributed by atoms with Crippen LogP contribution < -0.4 is 5.32 Å². The second-order valence-corrected chi connectivity index (χ2v) is 5.80. The summed E-state index contributed by atoms with van der Waals surface area (Å²) in [7, 11) is 0. The Morgan fingerprint density at radius 1 is 1.00 bits per heavy atom. The highest BCUT2D eigenvalue weighted by molar-refractivity contribution is 5.97. The molecular formula is C20H20FN3O. The molecule has 0 fully saturated rings. The second kappa shape index (κ2) is 7.38. The van der Waals surface area contributed by atoms with E-state index in [9.17, 15) is 9.18 Å². The van der Waals surface area contributed by atoms with Gasteiger partial charge in [-0.05, 0) is 37.1 Å². The molecule has 1 N–H and O–H groups in total. The summed E-state index contributed by atoms with van der Waals surface area (Å²) >= 11 is 0. The fourth-order valence-corrected chi connectivity index (χ4v) is 2.75. The van der Waals surface area contributed by atoms with Crippen LogP contribution >= 0.6 is 0 Å². The zero-order valence-corrected chi connectivity index (χ0v) is 14.3. The second-order valence-electron chi connectivity index (χ2n) is 5.80. The topological polar surface area (TPSA) is 54.9 Å². The van der Waals surface area contributed by atoms with Crippen LogP contribution in [0.1, 0.15) is 41.2 Å². The monoisotopic (exact) mass is 337 g/mol. The Balaban J connectivity index is 1.83. The summed E-state index contributed by atoms with van der Waals surface area (Å²) in [6, 6.07) is 11.7. The minimum Gasteiger partial charge on any atom is -0.348 e. The van der Waals surface area contributed by atoms with E-state index in [-0.39, 0.29) is 18.3 Å². The lowest BCUT2D eigenvalue weighted by Crippen LogP contribution is -2.23. The maximum absolute atomic E-state index is 13.6. The predicted octanol–water partition coefficient (Wildman–Crippen LogP) is 3.82. The van der Waals surface area contributed by atoms with Crippen LogP contribution in [-0.2, 0) is 19.4 Å². The Hall–Kier alpha value is -2.82.